The van der Waals surface area contributed by atoms with Crippen LogP contribution in [-0.4, -0.2) is 13.1 Å². The molecule has 1 atom stereocenters. The zero-order valence-corrected chi connectivity index (χ0v) is 12.7. The Balaban J connectivity index is 2.34. The molecule has 0 amide bonds. The van der Waals surface area contributed by atoms with Crippen LogP contribution in [0.1, 0.15) is 29.7 Å². The van der Waals surface area contributed by atoms with Crippen LogP contribution in [-0.2, 0) is 16.0 Å². The summed E-state index contributed by atoms with van der Waals surface area (Å²) in [4.78, 5) is 12.2. The van der Waals surface area contributed by atoms with Gasteiger partial charge in [0.05, 0.1) is 7.11 Å². The highest BCUT2D eigenvalue weighted by Crippen LogP contribution is 2.24. The van der Waals surface area contributed by atoms with Crippen LogP contribution in [0.15, 0.2) is 48.5 Å². The lowest BCUT2D eigenvalue weighted by Crippen LogP contribution is -2.23. The summed E-state index contributed by atoms with van der Waals surface area (Å²) in [6.45, 7) is 4.12. The molecule has 0 aliphatic rings. The Labute approximate surface area is 126 Å². The molecule has 2 rings (SSSR count). The van der Waals surface area contributed by atoms with Crippen LogP contribution in [0, 0.1) is 6.92 Å². The molecular weight excluding hydrogens is 262 g/mol. The molecule has 21 heavy (non-hydrogen) atoms. The van der Waals surface area contributed by atoms with Crippen molar-refractivity contribution in [2.75, 3.05) is 12.4 Å². The molecule has 0 heterocycles. The number of carbonyl (C=O) groups is 1. The highest BCUT2D eigenvalue weighted by Gasteiger charge is 2.23. The van der Waals surface area contributed by atoms with Crippen molar-refractivity contribution >= 4 is 11.7 Å². The molecule has 2 aromatic rings. The third-order valence-corrected chi connectivity index (χ3v) is 3.55. The molecule has 3 heteroatoms. The van der Waals surface area contributed by atoms with Crippen molar-refractivity contribution in [2.45, 2.75) is 26.3 Å². The number of hydrogen-bond donors (Lipinski definition) is 1. The van der Waals surface area contributed by atoms with Gasteiger partial charge in [-0.3, -0.25) is 0 Å². The lowest BCUT2D eigenvalue weighted by Gasteiger charge is -2.20. The van der Waals surface area contributed by atoms with Crippen molar-refractivity contribution in [3.8, 4) is 0 Å². The second-order valence-corrected chi connectivity index (χ2v) is 5.02. The van der Waals surface area contributed by atoms with E-state index in [1.165, 1.54) is 12.7 Å². The number of aryl methyl sites for hydroxylation is 2. The van der Waals surface area contributed by atoms with E-state index in [-0.39, 0.29) is 5.97 Å². The Bertz CT molecular complexity index is 605. The molecule has 2 aromatic carbocycles. The average molecular weight is 283 g/mol. The van der Waals surface area contributed by atoms with E-state index in [0.29, 0.717) is 0 Å². The predicted octanol–water partition coefficient (Wildman–Crippen LogP) is 3.88. The minimum Gasteiger partial charge on any atom is -0.467 e. The van der Waals surface area contributed by atoms with E-state index in [9.17, 15) is 4.79 Å². The molecule has 0 aliphatic carbocycles. The van der Waals surface area contributed by atoms with Gasteiger partial charge < -0.3 is 10.1 Å². The summed E-state index contributed by atoms with van der Waals surface area (Å²) >= 11 is 0. The van der Waals surface area contributed by atoms with Gasteiger partial charge in [0.2, 0.25) is 0 Å². The Kier molecular flexibility index (Phi) is 4.99. The first kappa shape index (κ1) is 15.1. The normalized spacial score (nSPS) is 11.8. The molecule has 110 valence electrons. The summed E-state index contributed by atoms with van der Waals surface area (Å²) in [5.41, 5.74) is 4.20. The number of nitrogens with one attached hydrogen (secondary N) is 1. The first-order chi connectivity index (χ1) is 10.2. The molecule has 0 aliphatic heterocycles. The molecular formula is C18H21NO2. The number of hydrogen-bond acceptors (Lipinski definition) is 3. The molecule has 1 N–H and O–H groups in total. The molecule has 0 saturated carbocycles. The van der Waals surface area contributed by atoms with Crippen LogP contribution in [0.25, 0.3) is 0 Å². The maximum absolute atomic E-state index is 12.2. The molecule has 0 saturated heterocycles. The number of benzene rings is 2. The van der Waals surface area contributed by atoms with Crippen molar-refractivity contribution in [3.05, 3.63) is 65.2 Å². The minimum atomic E-state index is -0.492. The van der Waals surface area contributed by atoms with Gasteiger partial charge in [-0.25, -0.2) is 4.79 Å². The van der Waals surface area contributed by atoms with E-state index in [1.54, 1.807) is 0 Å². The smallest absolute Gasteiger partial charge is 0.332 e. The Morgan fingerprint density at radius 3 is 2.43 bits per heavy atom. The fraction of sp³-hybridized carbons (Fsp3) is 0.278. The predicted molar refractivity (Wildman–Crippen MR) is 85.4 cm³/mol. The van der Waals surface area contributed by atoms with Gasteiger partial charge in [-0.15, -0.1) is 0 Å². The standard InChI is InChI=1S/C18H21NO2/c1-4-14-7-5-6-8-16(14)17(18(20)21-3)19-15-11-9-13(2)10-12-15/h5-12,17,19H,4H2,1-3H3. The van der Waals surface area contributed by atoms with Gasteiger partial charge in [0.15, 0.2) is 6.04 Å². The number of ether oxygens (including phenoxy) is 1. The van der Waals surface area contributed by atoms with Crippen molar-refractivity contribution in [3.63, 3.8) is 0 Å². The Hall–Kier alpha value is -2.29. The molecule has 1 unspecified atom stereocenters. The fourth-order valence-corrected chi connectivity index (χ4v) is 2.34. The van der Waals surface area contributed by atoms with Crippen LogP contribution in [0.3, 0.4) is 0 Å². The van der Waals surface area contributed by atoms with Gasteiger partial charge in [0, 0.05) is 5.69 Å². The van der Waals surface area contributed by atoms with E-state index in [4.69, 9.17) is 4.74 Å². The molecule has 0 bridgehead atoms. The molecule has 0 aromatic heterocycles. The van der Waals surface area contributed by atoms with Crippen LogP contribution < -0.4 is 5.32 Å². The maximum Gasteiger partial charge on any atom is 0.332 e. The van der Waals surface area contributed by atoms with Crippen LogP contribution >= 0.6 is 0 Å². The molecule has 0 radical (unpaired) electrons. The summed E-state index contributed by atoms with van der Waals surface area (Å²) in [6, 6.07) is 15.4. The SMILES string of the molecule is CCc1ccccc1C(Nc1ccc(C)cc1)C(=O)OC. The van der Waals surface area contributed by atoms with Gasteiger partial charge in [-0.1, -0.05) is 48.9 Å². The topological polar surface area (TPSA) is 38.3 Å². The largest absolute Gasteiger partial charge is 0.467 e. The lowest BCUT2D eigenvalue weighted by molar-refractivity contribution is -0.141. The first-order valence-electron chi connectivity index (χ1n) is 7.14. The summed E-state index contributed by atoms with van der Waals surface area (Å²) in [5.74, 6) is -0.281. The summed E-state index contributed by atoms with van der Waals surface area (Å²) < 4.78 is 4.96. The second kappa shape index (κ2) is 6.93. The van der Waals surface area contributed by atoms with Crippen LogP contribution in [0.5, 0.6) is 0 Å². The van der Waals surface area contributed by atoms with Crippen molar-refractivity contribution in [2.24, 2.45) is 0 Å². The third kappa shape index (κ3) is 3.63. The van der Waals surface area contributed by atoms with Gasteiger partial charge in [0.25, 0.3) is 0 Å². The van der Waals surface area contributed by atoms with Crippen molar-refractivity contribution in [1.29, 1.82) is 0 Å². The summed E-state index contributed by atoms with van der Waals surface area (Å²) in [6.07, 6.45) is 0.874. The van der Waals surface area contributed by atoms with Gasteiger partial charge in [-0.2, -0.15) is 0 Å². The number of carbonyl (C=O) groups excluding carboxylic acids is 1. The van der Waals surface area contributed by atoms with E-state index < -0.39 is 6.04 Å². The Morgan fingerprint density at radius 2 is 1.81 bits per heavy atom. The number of anilines is 1. The highest BCUT2D eigenvalue weighted by atomic mass is 16.5. The average Bonchev–Trinajstić information content (AvgIpc) is 2.53. The maximum atomic E-state index is 12.2. The van der Waals surface area contributed by atoms with Crippen LogP contribution in [0.4, 0.5) is 5.69 Å². The van der Waals surface area contributed by atoms with E-state index in [2.05, 4.69) is 12.2 Å². The number of rotatable bonds is 5. The lowest BCUT2D eigenvalue weighted by atomic mass is 9.98. The highest BCUT2D eigenvalue weighted by molar-refractivity contribution is 5.81. The van der Waals surface area contributed by atoms with E-state index in [1.807, 2.05) is 55.5 Å². The summed E-state index contributed by atoms with van der Waals surface area (Å²) in [5, 5.41) is 3.27. The Morgan fingerprint density at radius 1 is 1.14 bits per heavy atom. The monoisotopic (exact) mass is 283 g/mol. The number of methoxy groups -OCH3 is 1. The van der Waals surface area contributed by atoms with Gasteiger partial charge in [0.1, 0.15) is 0 Å². The first-order valence-corrected chi connectivity index (χ1v) is 7.14. The van der Waals surface area contributed by atoms with Crippen LogP contribution in [0.2, 0.25) is 0 Å². The van der Waals surface area contributed by atoms with Crippen molar-refractivity contribution in [1.82, 2.24) is 0 Å². The van der Waals surface area contributed by atoms with Gasteiger partial charge >= 0.3 is 5.97 Å². The zero-order valence-electron chi connectivity index (χ0n) is 12.7. The molecule has 0 spiro atoms. The minimum absolute atomic E-state index is 0.281. The quantitative estimate of drug-likeness (QED) is 0.846. The fourth-order valence-electron chi connectivity index (χ4n) is 2.34. The van der Waals surface area contributed by atoms with Crippen molar-refractivity contribution < 1.29 is 9.53 Å². The summed E-state index contributed by atoms with van der Waals surface area (Å²) in [7, 11) is 1.42. The number of esters is 1. The third-order valence-electron chi connectivity index (χ3n) is 3.55. The van der Waals surface area contributed by atoms with E-state index in [0.717, 1.165) is 23.2 Å². The molecule has 3 nitrogen and oxygen atoms in total. The second-order valence-electron chi connectivity index (χ2n) is 5.02. The van der Waals surface area contributed by atoms with Gasteiger partial charge in [-0.05, 0) is 36.6 Å². The molecule has 0 fully saturated rings. The van der Waals surface area contributed by atoms with E-state index >= 15 is 0 Å². The zero-order chi connectivity index (χ0) is 15.2.